The highest BCUT2D eigenvalue weighted by atomic mass is 16.5. The van der Waals surface area contributed by atoms with Crippen molar-refractivity contribution in [3.63, 3.8) is 0 Å². The number of rotatable bonds is 9. The van der Waals surface area contributed by atoms with Gasteiger partial charge in [0.05, 0.1) is 13.2 Å². The molecule has 1 amide bonds. The number of hydrogen-bond donors (Lipinski definition) is 3. The van der Waals surface area contributed by atoms with E-state index in [4.69, 9.17) is 9.94 Å². The van der Waals surface area contributed by atoms with Crippen molar-refractivity contribution in [3.8, 4) is 0 Å². The predicted molar refractivity (Wildman–Crippen MR) is 137 cm³/mol. The summed E-state index contributed by atoms with van der Waals surface area (Å²) in [5.74, 6) is -0.519. The first kappa shape index (κ1) is 23.8. The zero-order valence-corrected chi connectivity index (χ0v) is 20.1. The smallest absolute Gasteiger partial charge is 0.267 e. The highest BCUT2D eigenvalue weighted by Gasteiger charge is 2.28. The molecular weight excluding hydrogens is 440 g/mol. The van der Waals surface area contributed by atoms with Crippen molar-refractivity contribution in [3.05, 3.63) is 77.0 Å². The highest BCUT2D eigenvalue weighted by Crippen LogP contribution is 2.36. The van der Waals surface area contributed by atoms with Crippen LogP contribution in [0.5, 0.6) is 0 Å². The zero-order chi connectivity index (χ0) is 24.0. The van der Waals surface area contributed by atoms with E-state index in [1.165, 1.54) is 33.7 Å². The largest absolute Gasteiger partial charge is 0.379 e. The molecule has 0 spiro atoms. The van der Waals surface area contributed by atoms with Gasteiger partial charge in [0.15, 0.2) is 0 Å². The number of carbonyl (C=O) groups excluding carboxylic acids is 1. The summed E-state index contributed by atoms with van der Waals surface area (Å²) >= 11 is 0. The van der Waals surface area contributed by atoms with Crippen LogP contribution in [0.15, 0.2) is 54.7 Å². The minimum Gasteiger partial charge on any atom is -0.379 e. The Hall–Kier alpha value is -2.97. The van der Waals surface area contributed by atoms with Gasteiger partial charge in [-0.05, 0) is 53.7 Å². The van der Waals surface area contributed by atoms with Crippen LogP contribution in [0, 0.1) is 0 Å². The summed E-state index contributed by atoms with van der Waals surface area (Å²) in [5, 5.41) is 10.0. The van der Waals surface area contributed by atoms with Crippen molar-refractivity contribution in [2.45, 2.75) is 25.3 Å². The average molecular weight is 475 g/mol. The van der Waals surface area contributed by atoms with Crippen molar-refractivity contribution in [2.24, 2.45) is 0 Å². The number of benzene rings is 2. The molecule has 0 saturated carbocycles. The molecule has 2 aromatic carbocycles. The molecule has 2 heterocycles. The van der Waals surface area contributed by atoms with Gasteiger partial charge >= 0.3 is 0 Å². The molecule has 1 aliphatic heterocycles. The summed E-state index contributed by atoms with van der Waals surface area (Å²) in [5.41, 5.74) is 7.94. The number of nitrogens with zero attached hydrogens (tertiary/aromatic N) is 2. The van der Waals surface area contributed by atoms with E-state index >= 15 is 0 Å². The number of para-hydroxylation sites is 1. The van der Waals surface area contributed by atoms with Gasteiger partial charge < -0.3 is 9.72 Å². The maximum Gasteiger partial charge on any atom is 0.267 e. The SMILES string of the molecule is O=C(C=Cc1ccc2c(c1)CCC2N(CCc1c[nH]c2ccccc12)CCN1CCOCC1)NO. The Labute approximate surface area is 206 Å². The van der Waals surface area contributed by atoms with Crippen LogP contribution in [0.25, 0.3) is 17.0 Å². The van der Waals surface area contributed by atoms with Gasteiger partial charge in [-0.3, -0.25) is 19.8 Å². The summed E-state index contributed by atoms with van der Waals surface area (Å²) in [6, 6.07) is 15.4. The molecule has 7 nitrogen and oxygen atoms in total. The Morgan fingerprint density at radius 2 is 2.06 bits per heavy atom. The van der Waals surface area contributed by atoms with E-state index in [0.29, 0.717) is 6.04 Å². The summed E-state index contributed by atoms with van der Waals surface area (Å²) in [4.78, 5) is 19.9. The molecule has 1 atom stereocenters. The molecule has 35 heavy (non-hydrogen) atoms. The van der Waals surface area contributed by atoms with Crippen molar-refractivity contribution in [1.82, 2.24) is 20.3 Å². The summed E-state index contributed by atoms with van der Waals surface area (Å²) < 4.78 is 5.54. The molecule has 184 valence electrons. The fraction of sp³-hybridized carbons (Fsp3) is 0.393. The lowest BCUT2D eigenvalue weighted by atomic mass is 10.0. The van der Waals surface area contributed by atoms with Gasteiger partial charge in [-0.2, -0.15) is 0 Å². The molecular formula is C28H34N4O3. The molecule has 2 aliphatic rings. The van der Waals surface area contributed by atoms with Crippen LogP contribution in [0.1, 0.15) is 34.7 Å². The lowest BCUT2D eigenvalue weighted by Crippen LogP contribution is -2.42. The Morgan fingerprint density at radius 1 is 1.20 bits per heavy atom. The number of nitrogens with one attached hydrogen (secondary N) is 2. The van der Waals surface area contributed by atoms with Crippen molar-refractivity contribution in [2.75, 3.05) is 45.9 Å². The quantitative estimate of drug-likeness (QED) is 0.251. The van der Waals surface area contributed by atoms with E-state index in [1.54, 1.807) is 11.6 Å². The molecule has 1 saturated heterocycles. The van der Waals surface area contributed by atoms with E-state index < -0.39 is 5.91 Å². The van der Waals surface area contributed by atoms with Crippen molar-refractivity contribution < 1.29 is 14.7 Å². The van der Waals surface area contributed by atoms with E-state index in [1.807, 2.05) is 0 Å². The summed E-state index contributed by atoms with van der Waals surface area (Å²) in [7, 11) is 0. The first-order chi connectivity index (χ1) is 17.2. The number of H-pyrrole nitrogens is 1. The molecule has 0 bridgehead atoms. The molecule has 1 unspecified atom stereocenters. The second-order valence-corrected chi connectivity index (χ2v) is 9.42. The standard InChI is InChI=1S/C28H34N4O3/c33-28(30-34)10-6-21-5-8-25-22(19-21)7-9-27(25)32(14-13-31-15-17-35-18-16-31)12-11-23-20-29-26-4-2-1-3-24(23)26/h1-6,8,10,19-20,27,29,34H,7,9,11-18H2,(H,30,33). The number of fused-ring (bicyclic) bond motifs is 2. The van der Waals surface area contributed by atoms with Crippen LogP contribution < -0.4 is 5.48 Å². The van der Waals surface area contributed by atoms with Crippen molar-refractivity contribution in [1.29, 1.82) is 0 Å². The van der Waals surface area contributed by atoms with Crippen molar-refractivity contribution >= 4 is 22.9 Å². The number of aryl methyl sites for hydroxylation is 1. The third-order valence-electron chi connectivity index (χ3n) is 7.34. The molecule has 1 aliphatic carbocycles. The van der Waals surface area contributed by atoms with Gasteiger partial charge in [0.2, 0.25) is 0 Å². The number of aromatic amines is 1. The minimum absolute atomic E-state index is 0.398. The van der Waals surface area contributed by atoms with Crippen LogP contribution >= 0.6 is 0 Å². The van der Waals surface area contributed by atoms with E-state index in [2.05, 4.69) is 63.4 Å². The molecule has 1 fully saturated rings. The minimum atomic E-state index is -0.519. The van der Waals surface area contributed by atoms with Gasteiger partial charge in [0, 0.05) is 61.9 Å². The third-order valence-corrected chi connectivity index (χ3v) is 7.34. The maximum atomic E-state index is 11.3. The van der Waals surface area contributed by atoms with Crippen LogP contribution in [0.2, 0.25) is 0 Å². The van der Waals surface area contributed by atoms with Gasteiger partial charge in [-0.1, -0.05) is 36.4 Å². The Morgan fingerprint density at radius 3 is 2.91 bits per heavy atom. The molecule has 3 aromatic rings. The topological polar surface area (TPSA) is 80.8 Å². The van der Waals surface area contributed by atoms with E-state index in [9.17, 15) is 4.79 Å². The first-order valence-corrected chi connectivity index (χ1v) is 12.6. The first-order valence-electron chi connectivity index (χ1n) is 12.6. The van der Waals surface area contributed by atoms with E-state index in [0.717, 1.165) is 70.8 Å². The van der Waals surface area contributed by atoms with Gasteiger partial charge in [0.25, 0.3) is 5.91 Å². The predicted octanol–water partition coefficient (Wildman–Crippen LogP) is 3.55. The second kappa shape index (κ2) is 11.2. The molecule has 3 N–H and O–H groups in total. The lowest BCUT2D eigenvalue weighted by Gasteiger charge is -2.33. The molecule has 1 aromatic heterocycles. The fourth-order valence-electron chi connectivity index (χ4n) is 5.43. The fourth-order valence-corrected chi connectivity index (χ4v) is 5.43. The maximum absolute atomic E-state index is 11.3. The summed E-state index contributed by atoms with van der Waals surface area (Å²) in [6.45, 7) is 6.77. The summed E-state index contributed by atoms with van der Waals surface area (Å²) in [6.07, 6.45) is 8.41. The number of ether oxygens (including phenoxy) is 1. The number of hydroxylamine groups is 1. The van der Waals surface area contributed by atoms with Crippen LogP contribution in [0.3, 0.4) is 0 Å². The number of hydrogen-bond acceptors (Lipinski definition) is 5. The number of morpholine rings is 1. The number of carbonyl (C=O) groups is 1. The van der Waals surface area contributed by atoms with Gasteiger partial charge in [-0.15, -0.1) is 0 Å². The monoisotopic (exact) mass is 474 g/mol. The zero-order valence-electron chi connectivity index (χ0n) is 20.1. The Bertz CT molecular complexity index is 1180. The Balaban J connectivity index is 1.32. The lowest BCUT2D eigenvalue weighted by molar-refractivity contribution is -0.124. The molecule has 7 heteroatoms. The number of amides is 1. The van der Waals surface area contributed by atoms with Crippen LogP contribution in [-0.2, 0) is 22.4 Å². The van der Waals surface area contributed by atoms with Crippen LogP contribution in [-0.4, -0.2) is 71.8 Å². The third kappa shape index (κ3) is 5.65. The highest BCUT2D eigenvalue weighted by molar-refractivity contribution is 5.90. The molecule has 5 rings (SSSR count). The average Bonchev–Trinajstić information content (AvgIpc) is 3.52. The molecule has 0 radical (unpaired) electrons. The van der Waals surface area contributed by atoms with Gasteiger partial charge in [-0.25, -0.2) is 5.48 Å². The van der Waals surface area contributed by atoms with E-state index in [-0.39, 0.29) is 0 Å². The number of aromatic nitrogens is 1. The Kier molecular flexibility index (Phi) is 7.59. The van der Waals surface area contributed by atoms with Gasteiger partial charge in [0.1, 0.15) is 0 Å². The van der Waals surface area contributed by atoms with Crippen LogP contribution in [0.4, 0.5) is 0 Å². The second-order valence-electron chi connectivity index (χ2n) is 9.42. The normalized spacial score (nSPS) is 18.5.